The first-order valence-electron chi connectivity index (χ1n) is 4.38. The van der Waals surface area contributed by atoms with Crippen molar-refractivity contribution in [2.75, 3.05) is 0 Å². The van der Waals surface area contributed by atoms with Gasteiger partial charge in [0, 0.05) is 0 Å². The molecular formula is C11H13O2. The predicted octanol–water partition coefficient (Wildman–Crippen LogP) is 2.38. The van der Waals surface area contributed by atoms with E-state index in [-0.39, 0.29) is 5.92 Å². The largest absolute Gasteiger partial charge is 0.358 e. The van der Waals surface area contributed by atoms with Gasteiger partial charge < -0.3 is 0 Å². The van der Waals surface area contributed by atoms with Crippen LogP contribution in [0.15, 0.2) is 30.3 Å². The lowest BCUT2D eigenvalue weighted by Crippen LogP contribution is -2.15. The van der Waals surface area contributed by atoms with Crippen molar-refractivity contribution >= 4 is 5.97 Å². The fourth-order valence-corrected chi connectivity index (χ4v) is 1.25. The van der Waals surface area contributed by atoms with Gasteiger partial charge in [-0.2, -0.15) is 0 Å². The molecule has 1 aromatic carbocycles. The lowest BCUT2D eigenvalue weighted by Gasteiger charge is -2.14. The molecule has 69 valence electrons. The van der Waals surface area contributed by atoms with Gasteiger partial charge in [-0.1, -0.05) is 44.2 Å². The van der Waals surface area contributed by atoms with Gasteiger partial charge in [-0.3, -0.25) is 0 Å². The summed E-state index contributed by atoms with van der Waals surface area (Å²) in [6.07, 6.45) is 0. The Morgan fingerprint density at radius 2 is 1.69 bits per heavy atom. The van der Waals surface area contributed by atoms with E-state index in [9.17, 15) is 9.90 Å². The van der Waals surface area contributed by atoms with Crippen LogP contribution in [0, 0.1) is 5.92 Å². The molecule has 2 unspecified atom stereocenters. The van der Waals surface area contributed by atoms with Crippen molar-refractivity contribution in [3.05, 3.63) is 35.9 Å². The molecule has 0 aliphatic carbocycles. The second-order valence-corrected chi connectivity index (χ2v) is 3.31. The van der Waals surface area contributed by atoms with Gasteiger partial charge in [-0.25, -0.2) is 9.90 Å². The third kappa shape index (κ3) is 2.31. The van der Waals surface area contributed by atoms with Crippen molar-refractivity contribution < 1.29 is 9.90 Å². The zero-order chi connectivity index (χ0) is 9.84. The highest BCUT2D eigenvalue weighted by Crippen LogP contribution is 2.23. The molecule has 0 fully saturated rings. The topological polar surface area (TPSA) is 37.0 Å². The van der Waals surface area contributed by atoms with Crippen LogP contribution in [0.5, 0.6) is 0 Å². The Morgan fingerprint density at radius 3 is 2.15 bits per heavy atom. The number of hydrogen-bond donors (Lipinski definition) is 0. The molecule has 0 aromatic heterocycles. The van der Waals surface area contributed by atoms with Gasteiger partial charge in [0.15, 0.2) is 0 Å². The monoisotopic (exact) mass is 177 g/mol. The molecule has 0 aliphatic heterocycles. The molecule has 1 radical (unpaired) electrons. The molecule has 0 bridgehead atoms. The maximum Gasteiger partial charge on any atom is 0.358 e. The zero-order valence-electron chi connectivity index (χ0n) is 7.86. The van der Waals surface area contributed by atoms with Crippen molar-refractivity contribution in [1.82, 2.24) is 0 Å². The van der Waals surface area contributed by atoms with Crippen molar-refractivity contribution in [1.29, 1.82) is 0 Å². The summed E-state index contributed by atoms with van der Waals surface area (Å²) in [5.74, 6) is -1.43. The van der Waals surface area contributed by atoms with Gasteiger partial charge in [-0.15, -0.1) is 0 Å². The Hall–Kier alpha value is -1.31. The predicted molar refractivity (Wildman–Crippen MR) is 49.7 cm³/mol. The van der Waals surface area contributed by atoms with Crippen molar-refractivity contribution in [2.24, 2.45) is 5.92 Å². The van der Waals surface area contributed by atoms with Crippen LogP contribution in [0.2, 0.25) is 0 Å². The molecule has 0 amide bonds. The van der Waals surface area contributed by atoms with Gasteiger partial charge in [0.25, 0.3) is 0 Å². The fraction of sp³-hybridized carbons (Fsp3) is 0.364. The highest BCUT2D eigenvalue weighted by molar-refractivity contribution is 5.70. The van der Waals surface area contributed by atoms with E-state index in [1.807, 2.05) is 37.3 Å². The standard InChI is InChI=1S/C11H13O2/c1-8(9(2)11(12)13)10-6-4-3-5-7-10/h3-9H,1-2H3. The molecule has 0 heterocycles. The number of hydrogen-bond acceptors (Lipinski definition) is 1. The Kier molecular flexibility index (Phi) is 3.07. The van der Waals surface area contributed by atoms with Crippen LogP contribution in [-0.4, -0.2) is 5.97 Å². The Labute approximate surface area is 78.2 Å². The summed E-state index contributed by atoms with van der Waals surface area (Å²) in [6, 6.07) is 9.61. The van der Waals surface area contributed by atoms with E-state index in [1.165, 1.54) is 0 Å². The van der Waals surface area contributed by atoms with Crippen LogP contribution in [-0.2, 0) is 9.90 Å². The average molecular weight is 177 g/mol. The third-order valence-corrected chi connectivity index (χ3v) is 2.45. The third-order valence-electron chi connectivity index (χ3n) is 2.45. The van der Waals surface area contributed by atoms with Crippen LogP contribution >= 0.6 is 0 Å². The molecule has 1 aromatic rings. The van der Waals surface area contributed by atoms with E-state index < -0.39 is 11.9 Å². The van der Waals surface area contributed by atoms with Gasteiger partial charge in [0.1, 0.15) is 0 Å². The van der Waals surface area contributed by atoms with Crippen LogP contribution in [0.1, 0.15) is 25.3 Å². The fourth-order valence-electron chi connectivity index (χ4n) is 1.25. The quantitative estimate of drug-likeness (QED) is 0.698. The second kappa shape index (κ2) is 4.08. The maximum atomic E-state index is 10.6. The lowest BCUT2D eigenvalue weighted by molar-refractivity contribution is -0.148. The number of rotatable bonds is 3. The first kappa shape index (κ1) is 9.78. The Balaban J connectivity index is 2.79. The highest BCUT2D eigenvalue weighted by atomic mass is 16.4. The molecule has 0 saturated heterocycles. The van der Waals surface area contributed by atoms with Gasteiger partial charge in [0.05, 0.1) is 5.92 Å². The number of carbonyl (C=O) groups excluding carboxylic acids is 1. The van der Waals surface area contributed by atoms with Crippen molar-refractivity contribution in [3.8, 4) is 0 Å². The maximum absolute atomic E-state index is 10.6. The van der Waals surface area contributed by atoms with Crippen molar-refractivity contribution in [2.45, 2.75) is 19.8 Å². The lowest BCUT2D eigenvalue weighted by atomic mass is 9.89. The zero-order valence-corrected chi connectivity index (χ0v) is 7.86. The molecule has 0 N–H and O–H groups in total. The first-order chi connectivity index (χ1) is 6.13. The molecule has 2 nitrogen and oxygen atoms in total. The van der Waals surface area contributed by atoms with E-state index in [0.29, 0.717) is 0 Å². The molecule has 0 aliphatic rings. The van der Waals surface area contributed by atoms with Crippen LogP contribution < -0.4 is 0 Å². The van der Waals surface area contributed by atoms with E-state index in [0.717, 1.165) is 5.56 Å². The Morgan fingerprint density at radius 1 is 1.15 bits per heavy atom. The number of carbonyl (C=O) groups is 1. The summed E-state index contributed by atoms with van der Waals surface area (Å²) >= 11 is 0. The SMILES string of the molecule is CC(C([O])=O)C(C)c1ccccc1. The molecule has 2 atom stereocenters. The molecular weight excluding hydrogens is 164 g/mol. The van der Waals surface area contributed by atoms with Crippen LogP contribution in [0.3, 0.4) is 0 Å². The molecule has 1 rings (SSSR count). The van der Waals surface area contributed by atoms with E-state index in [1.54, 1.807) is 6.92 Å². The van der Waals surface area contributed by atoms with Gasteiger partial charge >= 0.3 is 5.97 Å². The highest BCUT2D eigenvalue weighted by Gasteiger charge is 2.21. The summed E-state index contributed by atoms with van der Waals surface area (Å²) in [6.45, 7) is 3.57. The minimum absolute atomic E-state index is 0.00574. The van der Waals surface area contributed by atoms with E-state index >= 15 is 0 Å². The van der Waals surface area contributed by atoms with Gasteiger partial charge in [0.2, 0.25) is 0 Å². The van der Waals surface area contributed by atoms with Gasteiger partial charge in [-0.05, 0) is 11.5 Å². The molecule has 0 saturated carbocycles. The summed E-state index contributed by atoms with van der Waals surface area (Å²) in [7, 11) is 0. The van der Waals surface area contributed by atoms with E-state index in [2.05, 4.69) is 0 Å². The minimum atomic E-state index is -0.989. The first-order valence-corrected chi connectivity index (χ1v) is 4.38. The van der Waals surface area contributed by atoms with Crippen LogP contribution in [0.4, 0.5) is 0 Å². The normalized spacial score (nSPS) is 14.9. The van der Waals surface area contributed by atoms with E-state index in [4.69, 9.17) is 0 Å². The summed E-state index contributed by atoms with van der Waals surface area (Å²) in [5, 5.41) is 10.6. The number of benzene rings is 1. The molecule has 0 spiro atoms. The molecule has 2 heteroatoms. The molecule has 13 heavy (non-hydrogen) atoms. The Bertz CT molecular complexity index is 279. The summed E-state index contributed by atoms with van der Waals surface area (Å²) < 4.78 is 0. The second-order valence-electron chi connectivity index (χ2n) is 3.31. The van der Waals surface area contributed by atoms with Crippen molar-refractivity contribution in [3.63, 3.8) is 0 Å². The summed E-state index contributed by atoms with van der Waals surface area (Å²) in [5.41, 5.74) is 1.04. The smallest absolute Gasteiger partial charge is 0.247 e. The van der Waals surface area contributed by atoms with Crippen LogP contribution in [0.25, 0.3) is 0 Å². The summed E-state index contributed by atoms with van der Waals surface area (Å²) in [4.78, 5) is 10.6. The average Bonchev–Trinajstić information content (AvgIpc) is 2.17. The minimum Gasteiger partial charge on any atom is -0.247 e.